The fourth-order valence-electron chi connectivity index (χ4n) is 3.66. The third-order valence-corrected chi connectivity index (χ3v) is 5.07. The van der Waals surface area contributed by atoms with E-state index in [-0.39, 0.29) is 6.67 Å². The van der Waals surface area contributed by atoms with E-state index < -0.39 is 0 Å². The Balaban J connectivity index is 1.54. The summed E-state index contributed by atoms with van der Waals surface area (Å²) in [5.41, 5.74) is 0. The van der Waals surface area contributed by atoms with Crippen LogP contribution in [0.5, 0.6) is 0 Å². The average Bonchev–Trinajstić information content (AvgIpc) is 2.42. The van der Waals surface area contributed by atoms with Crippen molar-refractivity contribution in [1.82, 2.24) is 0 Å². The van der Waals surface area contributed by atoms with E-state index >= 15 is 0 Å². The molecule has 0 aromatic heterocycles. The molecular formula is C16H27FO. The lowest BCUT2D eigenvalue weighted by Gasteiger charge is -2.27. The summed E-state index contributed by atoms with van der Waals surface area (Å²) in [5, 5.41) is 0. The highest BCUT2D eigenvalue weighted by molar-refractivity contribution is 5.78. The Bertz CT molecular complexity index is 246. The number of alkyl halides is 1. The lowest BCUT2D eigenvalue weighted by Crippen LogP contribution is -2.17. The molecular weight excluding hydrogens is 227 g/mol. The van der Waals surface area contributed by atoms with Gasteiger partial charge in [0, 0.05) is 12.8 Å². The van der Waals surface area contributed by atoms with Crippen LogP contribution in [0.3, 0.4) is 0 Å². The van der Waals surface area contributed by atoms with Crippen molar-refractivity contribution in [2.45, 2.75) is 70.6 Å². The van der Waals surface area contributed by atoms with Gasteiger partial charge in [-0.2, -0.15) is 0 Å². The predicted octanol–water partition coefficient (Wildman–Crippen LogP) is 4.69. The van der Waals surface area contributed by atoms with Gasteiger partial charge < -0.3 is 0 Å². The molecule has 0 amide bonds. The van der Waals surface area contributed by atoms with E-state index in [4.69, 9.17) is 0 Å². The van der Waals surface area contributed by atoms with Crippen molar-refractivity contribution >= 4 is 5.78 Å². The molecule has 18 heavy (non-hydrogen) atoms. The smallest absolute Gasteiger partial charge is 0.132 e. The van der Waals surface area contributed by atoms with E-state index in [0.717, 1.165) is 50.4 Å². The Hall–Kier alpha value is -0.400. The molecule has 2 saturated carbocycles. The molecule has 2 heteroatoms. The van der Waals surface area contributed by atoms with Gasteiger partial charge in [0.1, 0.15) is 5.78 Å². The highest BCUT2D eigenvalue weighted by Gasteiger charge is 2.22. The molecule has 0 atom stereocenters. The van der Waals surface area contributed by atoms with Gasteiger partial charge in [-0.15, -0.1) is 0 Å². The van der Waals surface area contributed by atoms with E-state index in [1.165, 1.54) is 32.1 Å². The monoisotopic (exact) mass is 254 g/mol. The fourth-order valence-corrected chi connectivity index (χ4v) is 3.66. The van der Waals surface area contributed by atoms with Gasteiger partial charge >= 0.3 is 0 Å². The minimum atomic E-state index is -0.108. The van der Waals surface area contributed by atoms with E-state index in [9.17, 15) is 9.18 Å². The summed E-state index contributed by atoms with van der Waals surface area (Å²) in [6.45, 7) is -0.108. The molecule has 2 fully saturated rings. The number of hydrogen-bond acceptors (Lipinski definition) is 1. The zero-order valence-electron chi connectivity index (χ0n) is 11.5. The molecule has 0 aliphatic heterocycles. The number of hydrogen-bond donors (Lipinski definition) is 0. The number of carbonyl (C=O) groups excluding carboxylic acids is 1. The zero-order chi connectivity index (χ0) is 12.8. The van der Waals surface area contributed by atoms with E-state index in [2.05, 4.69) is 0 Å². The molecule has 0 bridgehead atoms. The molecule has 0 aromatic carbocycles. The number of halogens is 1. The van der Waals surface area contributed by atoms with Crippen molar-refractivity contribution in [2.24, 2.45) is 17.8 Å². The highest BCUT2D eigenvalue weighted by Crippen LogP contribution is 2.33. The maximum Gasteiger partial charge on any atom is 0.132 e. The first-order valence-electron chi connectivity index (χ1n) is 7.85. The van der Waals surface area contributed by atoms with Crippen LogP contribution < -0.4 is 0 Å². The molecule has 0 aromatic rings. The van der Waals surface area contributed by atoms with Crippen LogP contribution in [0.2, 0.25) is 0 Å². The van der Waals surface area contributed by atoms with Crippen molar-refractivity contribution in [1.29, 1.82) is 0 Å². The van der Waals surface area contributed by atoms with Gasteiger partial charge in [0.25, 0.3) is 0 Å². The Morgan fingerprint density at radius 1 is 0.833 bits per heavy atom. The third kappa shape index (κ3) is 4.37. The summed E-state index contributed by atoms with van der Waals surface area (Å²) < 4.78 is 12.5. The van der Waals surface area contributed by atoms with Crippen molar-refractivity contribution < 1.29 is 9.18 Å². The van der Waals surface area contributed by atoms with Gasteiger partial charge in [-0.25, -0.2) is 0 Å². The van der Waals surface area contributed by atoms with Crippen LogP contribution >= 0.6 is 0 Å². The normalized spacial score (nSPS) is 30.6. The third-order valence-electron chi connectivity index (χ3n) is 5.07. The van der Waals surface area contributed by atoms with Crippen LogP contribution in [0.1, 0.15) is 70.6 Å². The predicted molar refractivity (Wildman–Crippen MR) is 72.2 cm³/mol. The molecule has 0 radical (unpaired) electrons. The highest BCUT2D eigenvalue weighted by atomic mass is 19.1. The molecule has 0 heterocycles. The molecule has 0 unspecified atom stereocenters. The Labute approximate surface area is 111 Å². The average molecular weight is 254 g/mol. The fraction of sp³-hybridized carbons (Fsp3) is 0.938. The Kier molecular flexibility index (Phi) is 5.65. The first-order valence-corrected chi connectivity index (χ1v) is 7.85. The van der Waals surface area contributed by atoms with Crippen LogP contribution in [0, 0.1) is 17.8 Å². The SMILES string of the molecule is O=C1CCC(CCCC2CCC(CF)CC2)CC1. The quantitative estimate of drug-likeness (QED) is 0.695. The summed E-state index contributed by atoms with van der Waals surface area (Å²) in [5.74, 6) is 2.50. The second kappa shape index (κ2) is 7.25. The second-order valence-electron chi connectivity index (χ2n) is 6.45. The van der Waals surface area contributed by atoms with E-state index in [1.807, 2.05) is 0 Å². The molecule has 104 valence electrons. The minimum absolute atomic E-state index is 0.108. The van der Waals surface area contributed by atoms with Crippen molar-refractivity contribution in [2.75, 3.05) is 6.67 Å². The molecule has 2 aliphatic carbocycles. The maximum absolute atomic E-state index is 12.5. The van der Waals surface area contributed by atoms with Gasteiger partial charge in [-0.1, -0.05) is 32.1 Å². The Morgan fingerprint density at radius 2 is 1.33 bits per heavy atom. The minimum Gasteiger partial charge on any atom is -0.300 e. The number of ketones is 1. The number of carbonyl (C=O) groups is 1. The molecule has 0 saturated heterocycles. The van der Waals surface area contributed by atoms with E-state index in [1.54, 1.807) is 0 Å². The molecule has 0 spiro atoms. The number of rotatable bonds is 5. The summed E-state index contributed by atoms with van der Waals surface area (Å²) in [6.07, 6.45) is 12.6. The van der Waals surface area contributed by atoms with Crippen LogP contribution in [-0.4, -0.2) is 12.5 Å². The van der Waals surface area contributed by atoms with E-state index in [0.29, 0.717) is 11.7 Å². The van der Waals surface area contributed by atoms with Crippen molar-refractivity contribution in [3.05, 3.63) is 0 Å². The first kappa shape index (κ1) is 14.0. The lowest BCUT2D eigenvalue weighted by atomic mass is 9.79. The lowest BCUT2D eigenvalue weighted by molar-refractivity contribution is -0.121. The maximum atomic E-state index is 12.5. The van der Waals surface area contributed by atoms with Gasteiger partial charge in [-0.05, 0) is 43.4 Å². The Morgan fingerprint density at radius 3 is 1.89 bits per heavy atom. The van der Waals surface area contributed by atoms with Gasteiger partial charge in [0.05, 0.1) is 6.67 Å². The zero-order valence-corrected chi connectivity index (χ0v) is 11.5. The van der Waals surface area contributed by atoms with Gasteiger partial charge in [-0.3, -0.25) is 9.18 Å². The molecule has 2 aliphatic rings. The summed E-state index contributed by atoms with van der Waals surface area (Å²) in [6, 6.07) is 0. The first-order chi connectivity index (χ1) is 8.78. The van der Waals surface area contributed by atoms with Crippen molar-refractivity contribution in [3.63, 3.8) is 0 Å². The summed E-state index contributed by atoms with van der Waals surface area (Å²) >= 11 is 0. The molecule has 0 N–H and O–H groups in total. The van der Waals surface area contributed by atoms with Crippen molar-refractivity contribution in [3.8, 4) is 0 Å². The van der Waals surface area contributed by atoms with Gasteiger partial charge in [0.2, 0.25) is 0 Å². The second-order valence-corrected chi connectivity index (χ2v) is 6.45. The van der Waals surface area contributed by atoms with Crippen LogP contribution in [-0.2, 0) is 4.79 Å². The van der Waals surface area contributed by atoms with Crippen LogP contribution in [0.4, 0.5) is 4.39 Å². The van der Waals surface area contributed by atoms with Crippen LogP contribution in [0.15, 0.2) is 0 Å². The van der Waals surface area contributed by atoms with Crippen LogP contribution in [0.25, 0.3) is 0 Å². The largest absolute Gasteiger partial charge is 0.300 e. The number of Topliss-reactive ketones (excluding diaryl/α,β-unsaturated/α-hetero) is 1. The molecule has 1 nitrogen and oxygen atoms in total. The summed E-state index contributed by atoms with van der Waals surface area (Å²) in [7, 11) is 0. The molecule has 2 rings (SSSR count). The van der Waals surface area contributed by atoms with Gasteiger partial charge in [0.15, 0.2) is 0 Å². The standard InChI is InChI=1S/C16H27FO/c17-12-15-6-4-13(5-7-15)2-1-3-14-8-10-16(18)11-9-14/h13-15H,1-12H2. The topological polar surface area (TPSA) is 17.1 Å². The summed E-state index contributed by atoms with van der Waals surface area (Å²) in [4.78, 5) is 11.2.